The van der Waals surface area contributed by atoms with Crippen molar-refractivity contribution in [2.24, 2.45) is 5.73 Å². The highest BCUT2D eigenvalue weighted by Crippen LogP contribution is 2.29. The van der Waals surface area contributed by atoms with Crippen molar-refractivity contribution in [1.29, 1.82) is 0 Å². The molecule has 0 amide bonds. The maximum Gasteiger partial charge on any atom is 0.0412 e. The molecule has 0 aromatic heterocycles. The number of hydrogen-bond acceptors (Lipinski definition) is 2. The van der Waals surface area contributed by atoms with Gasteiger partial charge in [0.25, 0.3) is 0 Å². The second-order valence-electron chi connectivity index (χ2n) is 4.88. The molecule has 0 unspecified atom stereocenters. The Hall–Kier alpha value is -0.730. The quantitative estimate of drug-likeness (QED) is 0.891. The molecule has 1 fully saturated rings. The van der Waals surface area contributed by atoms with Crippen molar-refractivity contribution in [3.8, 4) is 0 Å². The molecule has 17 heavy (non-hydrogen) atoms. The molecule has 1 aromatic rings. The molecule has 0 heterocycles. The van der Waals surface area contributed by atoms with Gasteiger partial charge >= 0.3 is 0 Å². The molecule has 94 valence electrons. The highest BCUT2D eigenvalue weighted by molar-refractivity contribution is 6.30. The number of rotatable bonds is 3. The average molecular weight is 253 g/mol. The zero-order valence-corrected chi connectivity index (χ0v) is 11.2. The van der Waals surface area contributed by atoms with Gasteiger partial charge in [0.15, 0.2) is 0 Å². The van der Waals surface area contributed by atoms with E-state index in [1.54, 1.807) is 0 Å². The Kier molecular flexibility index (Phi) is 4.30. The predicted molar refractivity (Wildman–Crippen MR) is 74.6 cm³/mol. The summed E-state index contributed by atoms with van der Waals surface area (Å²) < 4.78 is 0. The molecule has 2 rings (SSSR count). The lowest BCUT2D eigenvalue weighted by atomic mass is 9.94. The van der Waals surface area contributed by atoms with Crippen molar-refractivity contribution >= 4 is 17.3 Å². The Morgan fingerprint density at radius 3 is 2.65 bits per heavy atom. The molecule has 2 N–H and O–H groups in total. The van der Waals surface area contributed by atoms with Crippen molar-refractivity contribution in [3.63, 3.8) is 0 Å². The number of benzene rings is 1. The highest BCUT2D eigenvalue weighted by Gasteiger charge is 2.19. The molecule has 0 bridgehead atoms. The second kappa shape index (κ2) is 5.74. The normalized spacial score (nSPS) is 17.1. The van der Waals surface area contributed by atoms with E-state index < -0.39 is 0 Å². The molecular formula is C14H21ClN2. The molecular weight excluding hydrogens is 232 g/mol. The van der Waals surface area contributed by atoms with Crippen LogP contribution in [0.5, 0.6) is 0 Å². The first kappa shape index (κ1) is 12.7. The van der Waals surface area contributed by atoms with Gasteiger partial charge in [0.2, 0.25) is 0 Å². The summed E-state index contributed by atoms with van der Waals surface area (Å²) in [5.41, 5.74) is 8.19. The molecule has 0 saturated heterocycles. The Bertz CT molecular complexity index is 372. The standard InChI is InChI=1S/C14H21ClN2/c1-17(13-5-3-2-4-6-13)14-8-7-12(15)9-11(14)10-16/h7-9,13H,2-6,10,16H2,1H3. The zero-order valence-electron chi connectivity index (χ0n) is 10.5. The number of anilines is 1. The number of halogens is 1. The first-order valence-electron chi connectivity index (χ1n) is 6.43. The summed E-state index contributed by atoms with van der Waals surface area (Å²) in [7, 11) is 2.18. The Morgan fingerprint density at radius 2 is 2.00 bits per heavy atom. The van der Waals surface area contributed by atoms with Gasteiger partial charge < -0.3 is 10.6 Å². The van der Waals surface area contributed by atoms with Crippen molar-refractivity contribution in [2.45, 2.75) is 44.7 Å². The van der Waals surface area contributed by atoms with Crippen LogP contribution < -0.4 is 10.6 Å². The molecule has 1 aliphatic carbocycles. The van der Waals surface area contributed by atoms with Gasteiger partial charge in [-0.25, -0.2) is 0 Å². The van der Waals surface area contributed by atoms with Crippen LogP contribution in [0.4, 0.5) is 5.69 Å². The molecule has 0 spiro atoms. The fourth-order valence-electron chi connectivity index (χ4n) is 2.73. The van der Waals surface area contributed by atoms with Gasteiger partial charge in [0.1, 0.15) is 0 Å². The van der Waals surface area contributed by atoms with Crippen molar-refractivity contribution in [3.05, 3.63) is 28.8 Å². The topological polar surface area (TPSA) is 29.3 Å². The highest BCUT2D eigenvalue weighted by atomic mass is 35.5. The zero-order chi connectivity index (χ0) is 12.3. The van der Waals surface area contributed by atoms with E-state index >= 15 is 0 Å². The van der Waals surface area contributed by atoms with Crippen LogP contribution >= 0.6 is 11.6 Å². The number of nitrogens with zero attached hydrogens (tertiary/aromatic N) is 1. The van der Waals surface area contributed by atoms with Crippen LogP contribution in [-0.2, 0) is 6.54 Å². The van der Waals surface area contributed by atoms with E-state index in [2.05, 4.69) is 18.0 Å². The minimum atomic E-state index is 0.549. The summed E-state index contributed by atoms with van der Waals surface area (Å²) >= 11 is 6.01. The summed E-state index contributed by atoms with van der Waals surface area (Å²) in [6.45, 7) is 0.549. The van der Waals surface area contributed by atoms with E-state index in [0.29, 0.717) is 12.6 Å². The third-order valence-electron chi connectivity index (χ3n) is 3.76. The first-order chi connectivity index (χ1) is 8.22. The average Bonchev–Trinajstić information content (AvgIpc) is 2.39. The van der Waals surface area contributed by atoms with Gasteiger partial charge in [-0.15, -0.1) is 0 Å². The largest absolute Gasteiger partial charge is 0.371 e. The van der Waals surface area contributed by atoms with E-state index in [1.165, 1.54) is 37.8 Å². The Labute approximate surface area is 109 Å². The van der Waals surface area contributed by atoms with Gasteiger partial charge in [-0.05, 0) is 36.6 Å². The number of nitrogens with two attached hydrogens (primary N) is 1. The summed E-state index contributed by atoms with van der Waals surface area (Å²) in [4.78, 5) is 2.39. The summed E-state index contributed by atoms with van der Waals surface area (Å²) in [5, 5.41) is 0.770. The van der Waals surface area contributed by atoms with Crippen LogP contribution in [0.1, 0.15) is 37.7 Å². The van der Waals surface area contributed by atoms with E-state index in [1.807, 2.05) is 12.1 Å². The van der Waals surface area contributed by atoms with E-state index in [9.17, 15) is 0 Å². The van der Waals surface area contributed by atoms with E-state index in [0.717, 1.165) is 10.6 Å². The molecule has 0 radical (unpaired) electrons. The molecule has 2 nitrogen and oxygen atoms in total. The van der Waals surface area contributed by atoms with Gasteiger partial charge in [0.05, 0.1) is 0 Å². The molecule has 1 aliphatic rings. The lowest BCUT2D eigenvalue weighted by molar-refractivity contribution is 0.427. The molecule has 3 heteroatoms. The molecule has 1 aromatic carbocycles. The summed E-state index contributed by atoms with van der Waals surface area (Å²) in [6, 6.07) is 6.69. The Balaban J connectivity index is 2.19. The van der Waals surface area contributed by atoms with Crippen molar-refractivity contribution < 1.29 is 0 Å². The van der Waals surface area contributed by atoms with Crippen LogP contribution in [-0.4, -0.2) is 13.1 Å². The van der Waals surface area contributed by atoms with Crippen molar-refractivity contribution in [1.82, 2.24) is 0 Å². The summed E-state index contributed by atoms with van der Waals surface area (Å²) in [5.74, 6) is 0. The summed E-state index contributed by atoms with van der Waals surface area (Å²) in [6.07, 6.45) is 6.67. The second-order valence-corrected chi connectivity index (χ2v) is 5.32. The van der Waals surface area contributed by atoms with Gasteiger partial charge in [-0.2, -0.15) is 0 Å². The molecule has 0 atom stereocenters. The smallest absolute Gasteiger partial charge is 0.0412 e. The fourth-order valence-corrected chi connectivity index (χ4v) is 2.92. The van der Waals surface area contributed by atoms with Gasteiger partial charge in [-0.1, -0.05) is 30.9 Å². The maximum absolute atomic E-state index is 6.01. The first-order valence-corrected chi connectivity index (χ1v) is 6.81. The fraction of sp³-hybridized carbons (Fsp3) is 0.571. The van der Waals surface area contributed by atoms with E-state index in [-0.39, 0.29) is 0 Å². The third-order valence-corrected chi connectivity index (χ3v) is 4.00. The SMILES string of the molecule is CN(c1ccc(Cl)cc1CN)C1CCCCC1. The van der Waals surface area contributed by atoms with Gasteiger partial charge in [0, 0.05) is 30.3 Å². The lowest BCUT2D eigenvalue weighted by Gasteiger charge is -2.34. The predicted octanol–water partition coefficient (Wildman–Crippen LogP) is 3.57. The van der Waals surface area contributed by atoms with Crippen LogP contribution in [0.3, 0.4) is 0 Å². The third kappa shape index (κ3) is 2.93. The monoisotopic (exact) mass is 252 g/mol. The Morgan fingerprint density at radius 1 is 1.29 bits per heavy atom. The van der Waals surface area contributed by atoms with Crippen LogP contribution in [0.25, 0.3) is 0 Å². The lowest BCUT2D eigenvalue weighted by Crippen LogP contribution is -2.34. The van der Waals surface area contributed by atoms with Gasteiger partial charge in [-0.3, -0.25) is 0 Å². The van der Waals surface area contributed by atoms with Crippen LogP contribution in [0.2, 0.25) is 5.02 Å². The number of hydrogen-bond donors (Lipinski definition) is 1. The minimum absolute atomic E-state index is 0.549. The minimum Gasteiger partial charge on any atom is -0.371 e. The van der Waals surface area contributed by atoms with Crippen LogP contribution in [0, 0.1) is 0 Å². The van der Waals surface area contributed by atoms with Crippen molar-refractivity contribution in [2.75, 3.05) is 11.9 Å². The molecule has 1 saturated carbocycles. The molecule has 0 aliphatic heterocycles. The van der Waals surface area contributed by atoms with E-state index in [4.69, 9.17) is 17.3 Å². The van der Waals surface area contributed by atoms with Crippen LogP contribution in [0.15, 0.2) is 18.2 Å². The maximum atomic E-state index is 6.01.